The van der Waals surface area contributed by atoms with Gasteiger partial charge in [0.25, 0.3) is 0 Å². The molecule has 0 fully saturated rings. The van der Waals surface area contributed by atoms with Crippen molar-refractivity contribution in [3.05, 3.63) is 0 Å². The highest BCUT2D eigenvalue weighted by Crippen LogP contribution is 2.43. The Morgan fingerprint density at radius 1 is 1.21 bits per heavy atom. The van der Waals surface area contributed by atoms with Gasteiger partial charge in [0.15, 0.2) is 0 Å². The molecule has 0 bridgehead atoms. The van der Waals surface area contributed by atoms with Crippen molar-refractivity contribution in [1.29, 1.82) is 0 Å². The third kappa shape index (κ3) is 8.66. The predicted molar refractivity (Wildman–Crippen MR) is 52.6 cm³/mol. The van der Waals surface area contributed by atoms with Crippen molar-refractivity contribution < 1.29 is 23.5 Å². The van der Waals surface area contributed by atoms with E-state index in [1.54, 1.807) is 6.92 Å². The molecule has 0 aromatic rings. The second kappa shape index (κ2) is 8.38. The third-order valence-electron chi connectivity index (χ3n) is 1.52. The summed E-state index contributed by atoms with van der Waals surface area (Å²) < 4.78 is 19.5. The number of hydrogen-bond donors (Lipinski definition) is 1. The Morgan fingerprint density at radius 2 is 1.93 bits per heavy atom. The fourth-order valence-corrected chi connectivity index (χ4v) is 1.45. The first-order valence-electron chi connectivity index (χ1n) is 4.91. The summed E-state index contributed by atoms with van der Waals surface area (Å²) in [6.45, 7) is 4.15. The minimum Gasteiger partial charge on any atom is -0.301 e. The van der Waals surface area contributed by atoms with Gasteiger partial charge in [0.05, 0.1) is 13.2 Å². The molecule has 0 aliphatic heterocycles. The molecule has 1 N–H and O–H groups in total. The van der Waals surface area contributed by atoms with Gasteiger partial charge in [0.1, 0.15) is 0 Å². The predicted octanol–water partition coefficient (Wildman–Crippen LogP) is 2.65. The summed E-state index contributed by atoms with van der Waals surface area (Å²) in [7, 11) is -3.97. The fraction of sp³-hybridized carbons (Fsp3) is 1.00. The van der Waals surface area contributed by atoms with Crippen molar-refractivity contribution in [1.82, 2.24) is 0 Å². The van der Waals surface area contributed by atoms with Gasteiger partial charge in [0, 0.05) is 0 Å². The molecule has 0 saturated heterocycles. The lowest BCUT2D eigenvalue weighted by Gasteiger charge is -2.09. The largest absolute Gasteiger partial charge is 0.499 e. The van der Waals surface area contributed by atoms with Gasteiger partial charge < -0.3 is 4.89 Å². The van der Waals surface area contributed by atoms with Crippen LogP contribution in [-0.4, -0.2) is 18.1 Å². The number of hydrogen-bond acceptors (Lipinski definition) is 4. The van der Waals surface area contributed by atoms with E-state index in [1.165, 1.54) is 0 Å². The topological polar surface area (TPSA) is 65.0 Å². The lowest BCUT2D eigenvalue weighted by molar-refractivity contribution is -0.224. The quantitative estimate of drug-likeness (QED) is 0.283. The zero-order valence-corrected chi connectivity index (χ0v) is 9.66. The molecule has 0 spiro atoms. The van der Waals surface area contributed by atoms with Gasteiger partial charge >= 0.3 is 7.82 Å². The van der Waals surface area contributed by atoms with E-state index >= 15 is 0 Å². The van der Waals surface area contributed by atoms with Crippen LogP contribution in [0.15, 0.2) is 0 Å². The zero-order chi connectivity index (χ0) is 10.9. The molecule has 86 valence electrons. The molecule has 14 heavy (non-hydrogen) atoms. The molecule has 0 radical (unpaired) electrons. The molecule has 6 heteroatoms. The molecule has 0 aliphatic rings. The van der Waals surface area contributed by atoms with Crippen LogP contribution in [0.25, 0.3) is 0 Å². The maximum atomic E-state index is 10.9. The Labute approximate surface area is 84.9 Å². The summed E-state index contributed by atoms with van der Waals surface area (Å²) in [5, 5.41) is 0. The number of phosphoric ester groups is 1. The van der Waals surface area contributed by atoms with Crippen LogP contribution in [0.4, 0.5) is 0 Å². The van der Waals surface area contributed by atoms with Gasteiger partial charge in [0.2, 0.25) is 0 Å². The lowest BCUT2D eigenvalue weighted by atomic mass is 10.2. The number of rotatable bonds is 9. The summed E-state index contributed by atoms with van der Waals surface area (Å²) in [5.74, 6) is 0. The minimum absolute atomic E-state index is 0.118. The van der Waals surface area contributed by atoms with Crippen LogP contribution in [0, 0.1) is 0 Å². The summed E-state index contributed by atoms with van der Waals surface area (Å²) >= 11 is 0. The summed E-state index contributed by atoms with van der Waals surface area (Å²) in [4.78, 5) is 13.5. The van der Waals surface area contributed by atoms with Crippen molar-refractivity contribution in [2.75, 3.05) is 13.2 Å². The molecule has 1 atom stereocenters. The van der Waals surface area contributed by atoms with Crippen LogP contribution in [0.2, 0.25) is 0 Å². The van der Waals surface area contributed by atoms with Crippen LogP contribution in [0.5, 0.6) is 0 Å². The van der Waals surface area contributed by atoms with E-state index in [1.807, 2.05) is 0 Å². The zero-order valence-electron chi connectivity index (χ0n) is 8.77. The summed E-state index contributed by atoms with van der Waals surface area (Å²) in [6.07, 6.45) is 4.12. The van der Waals surface area contributed by atoms with Crippen LogP contribution in [0.3, 0.4) is 0 Å². The van der Waals surface area contributed by atoms with Gasteiger partial charge in [-0.15, -0.1) is 4.67 Å². The molecule has 0 aromatic carbocycles. The molecular weight excluding hydrogens is 207 g/mol. The van der Waals surface area contributed by atoms with Crippen LogP contribution in [0.1, 0.15) is 39.5 Å². The summed E-state index contributed by atoms with van der Waals surface area (Å²) in [6, 6.07) is 0. The smallest absolute Gasteiger partial charge is 0.301 e. The monoisotopic (exact) mass is 226 g/mol. The average Bonchev–Trinajstić information content (AvgIpc) is 2.11. The molecule has 0 amide bonds. The molecule has 0 aliphatic carbocycles. The van der Waals surface area contributed by atoms with Crippen molar-refractivity contribution in [2.45, 2.75) is 39.5 Å². The second-order valence-electron chi connectivity index (χ2n) is 2.84. The molecule has 5 nitrogen and oxygen atoms in total. The molecule has 0 rings (SSSR count). The van der Waals surface area contributed by atoms with Crippen LogP contribution in [-0.2, 0) is 18.7 Å². The lowest BCUT2D eigenvalue weighted by Crippen LogP contribution is -1.98. The average molecular weight is 226 g/mol. The van der Waals surface area contributed by atoms with Gasteiger partial charge in [-0.05, 0) is 13.3 Å². The maximum Gasteiger partial charge on any atom is 0.499 e. The highest BCUT2D eigenvalue weighted by molar-refractivity contribution is 7.47. The van der Waals surface area contributed by atoms with Gasteiger partial charge in [-0.1, -0.05) is 26.2 Å². The normalized spacial score (nSPS) is 15.4. The molecular formula is C8H19O5P. The molecule has 0 aromatic heterocycles. The SMILES string of the molecule is CCCCCCOOP(=O)(O)OCC. The molecule has 0 heterocycles. The van der Waals surface area contributed by atoms with Gasteiger partial charge in [-0.25, -0.2) is 9.45 Å². The van der Waals surface area contributed by atoms with Crippen molar-refractivity contribution in [3.63, 3.8) is 0 Å². The van der Waals surface area contributed by atoms with Gasteiger partial charge in [-0.2, -0.15) is 0 Å². The molecule has 0 saturated carbocycles. The van der Waals surface area contributed by atoms with Crippen LogP contribution < -0.4 is 0 Å². The highest BCUT2D eigenvalue weighted by Gasteiger charge is 2.21. The Kier molecular flexibility index (Phi) is 8.43. The van der Waals surface area contributed by atoms with Crippen molar-refractivity contribution in [3.8, 4) is 0 Å². The van der Waals surface area contributed by atoms with E-state index in [9.17, 15) is 4.57 Å². The Bertz CT molecular complexity index is 173. The standard InChI is InChI=1S/C8H19O5P/c1-3-5-6-7-8-11-13-14(9,10)12-4-2/h3-8H2,1-2H3,(H,9,10). The second-order valence-corrected chi connectivity index (χ2v) is 4.19. The van der Waals surface area contributed by atoms with E-state index in [0.29, 0.717) is 6.61 Å². The minimum atomic E-state index is -3.97. The Hall–Kier alpha value is 0.0700. The summed E-state index contributed by atoms with van der Waals surface area (Å²) in [5.41, 5.74) is 0. The first-order valence-corrected chi connectivity index (χ1v) is 6.40. The third-order valence-corrected chi connectivity index (χ3v) is 2.40. The van der Waals surface area contributed by atoms with Crippen molar-refractivity contribution in [2.24, 2.45) is 0 Å². The molecule has 1 unspecified atom stereocenters. The van der Waals surface area contributed by atoms with E-state index in [-0.39, 0.29) is 6.61 Å². The Balaban J connectivity index is 3.30. The van der Waals surface area contributed by atoms with Gasteiger partial charge in [-0.3, -0.25) is 4.52 Å². The van der Waals surface area contributed by atoms with E-state index in [0.717, 1.165) is 25.7 Å². The van der Waals surface area contributed by atoms with E-state index in [4.69, 9.17) is 4.89 Å². The maximum absolute atomic E-state index is 10.9. The van der Waals surface area contributed by atoms with Crippen LogP contribution >= 0.6 is 7.82 Å². The fourth-order valence-electron chi connectivity index (χ4n) is 0.876. The Morgan fingerprint density at radius 3 is 2.50 bits per heavy atom. The highest BCUT2D eigenvalue weighted by atomic mass is 31.2. The van der Waals surface area contributed by atoms with E-state index < -0.39 is 7.82 Å². The van der Waals surface area contributed by atoms with E-state index in [2.05, 4.69) is 21.0 Å². The number of phosphoric acid groups is 1. The first kappa shape index (κ1) is 14.1. The van der Waals surface area contributed by atoms with Crippen molar-refractivity contribution >= 4 is 7.82 Å². The first-order chi connectivity index (χ1) is 6.62. The number of unbranched alkanes of at least 4 members (excludes halogenated alkanes) is 3.